The summed E-state index contributed by atoms with van der Waals surface area (Å²) in [5.74, 6) is -1.76. The number of carbonyl (C=O) groups excluding carboxylic acids is 5. The molecule has 0 radical (unpaired) electrons. The number of hydrogen-bond donors (Lipinski definition) is 3. The molecule has 9 heteroatoms. The van der Waals surface area contributed by atoms with Crippen molar-refractivity contribution < 1.29 is 24.0 Å². The zero-order valence-electron chi connectivity index (χ0n) is 19.6. The maximum Gasteiger partial charge on any atom is 0.242 e. The zero-order chi connectivity index (χ0) is 23.7. The fourth-order valence-electron chi connectivity index (χ4n) is 3.46. The van der Waals surface area contributed by atoms with Crippen LogP contribution in [0.25, 0.3) is 0 Å². The lowest BCUT2D eigenvalue weighted by atomic mass is 9.78. The summed E-state index contributed by atoms with van der Waals surface area (Å²) < 4.78 is 0. The molecule has 0 rings (SSSR count). The average molecular weight is 427 g/mol. The molecule has 0 saturated heterocycles. The van der Waals surface area contributed by atoms with Crippen molar-refractivity contribution in [3.63, 3.8) is 0 Å². The van der Waals surface area contributed by atoms with Crippen LogP contribution < -0.4 is 16.0 Å². The summed E-state index contributed by atoms with van der Waals surface area (Å²) in [6.45, 7) is 13.8. The van der Waals surface area contributed by atoms with Crippen LogP contribution in [0.15, 0.2) is 0 Å². The highest BCUT2D eigenvalue weighted by Gasteiger charge is 2.41. The van der Waals surface area contributed by atoms with Gasteiger partial charge in [0.05, 0.1) is 6.54 Å². The molecular formula is C21H38N4O5. The summed E-state index contributed by atoms with van der Waals surface area (Å²) >= 11 is 0. The van der Waals surface area contributed by atoms with E-state index in [-0.39, 0.29) is 49.4 Å². The van der Waals surface area contributed by atoms with Crippen molar-refractivity contribution in [2.45, 2.75) is 86.2 Å². The Hall–Kier alpha value is -2.45. The second kappa shape index (κ2) is 11.7. The fourth-order valence-corrected chi connectivity index (χ4v) is 3.46. The first-order valence-corrected chi connectivity index (χ1v) is 10.4. The van der Waals surface area contributed by atoms with Crippen molar-refractivity contribution in [3.05, 3.63) is 0 Å². The van der Waals surface area contributed by atoms with Crippen molar-refractivity contribution in [2.24, 2.45) is 5.41 Å². The second-order valence-corrected chi connectivity index (χ2v) is 8.57. The summed E-state index contributed by atoms with van der Waals surface area (Å²) in [5, 5.41) is 7.70. The number of rotatable bonds is 11. The summed E-state index contributed by atoms with van der Waals surface area (Å²) in [4.78, 5) is 62.4. The van der Waals surface area contributed by atoms with Crippen LogP contribution in [0.1, 0.15) is 74.7 Å². The molecule has 1 atom stereocenters. The lowest BCUT2D eigenvalue weighted by Crippen LogP contribution is -2.55. The van der Waals surface area contributed by atoms with Crippen LogP contribution in [0.2, 0.25) is 0 Å². The van der Waals surface area contributed by atoms with Gasteiger partial charge in [0.2, 0.25) is 29.5 Å². The van der Waals surface area contributed by atoms with Crippen molar-refractivity contribution in [1.29, 1.82) is 0 Å². The molecule has 0 saturated carbocycles. The highest BCUT2D eigenvalue weighted by atomic mass is 16.2. The van der Waals surface area contributed by atoms with Gasteiger partial charge < -0.3 is 16.0 Å². The van der Waals surface area contributed by atoms with Crippen LogP contribution >= 0.6 is 0 Å². The van der Waals surface area contributed by atoms with Gasteiger partial charge in [-0.3, -0.25) is 28.9 Å². The summed E-state index contributed by atoms with van der Waals surface area (Å²) in [6, 6.07) is -0.713. The lowest BCUT2D eigenvalue weighted by Gasteiger charge is -2.41. The molecule has 0 aromatic carbocycles. The van der Waals surface area contributed by atoms with Crippen molar-refractivity contribution in [3.8, 4) is 0 Å². The van der Waals surface area contributed by atoms with Crippen LogP contribution in [0.4, 0.5) is 0 Å². The minimum absolute atomic E-state index is 0.186. The molecule has 172 valence electrons. The Kier molecular flexibility index (Phi) is 10.7. The monoisotopic (exact) mass is 426 g/mol. The third kappa shape index (κ3) is 8.12. The van der Waals surface area contributed by atoms with Crippen LogP contribution in [0.3, 0.4) is 0 Å². The van der Waals surface area contributed by atoms with Gasteiger partial charge in [-0.05, 0) is 34.1 Å². The molecule has 9 nitrogen and oxygen atoms in total. The fraction of sp³-hybridized carbons (Fsp3) is 0.762. The Balaban J connectivity index is 5.07. The first kappa shape index (κ1) is 27.5. The van der Waals surface area contributed by atoms with Crippen LogP contribution in [0, 0.1) is 5.41 Å². The predicted molar refractivity (Wildman–Crippen MR) is 114 cm³/mol. The Labute approximate surface area is 179 Å². The Morgan fingerprint density at radius 3 is 1.80 bits per heavy atom. The molecule has 0 heterocycles. The van der Waals surface area contributed by atoms with E-state index in [1.165, 1.54) is 4.90 Å². The topological polar surface area (TPSA) is 125 Å². The molecule has 0 aromatic heterocycles. The van der Waals surface area contributed by atoms with Crippen LogP contribution in [0.5, 0.6) is 0 Å². The first-order chi connectivity index (χ1) is 13.7. The first-order valence-electron chi connectivity index (χ1n) is 10.4. The van der Waals surface area contributed by atoms with Gasteiger partial charge in [-0.15, -0.1) is 0 Å². The van der Waals surface area contributed by atoms with E-state index in [9.17, 15) is 24.0 Å². The van der Waals surface area contributed by atoms with Crippen molar-refractivity contribution in [1.82, 2.24) is 20.9 Å². The molecule has 0 aromatic rings. The van der Waals surface area contributed by atoms with E-state index >= 15 is 0 Å². The molecule has 30 heavy (non-hydrogen) atoms. The molecular weight excluding hydrogens is 388 g/mol. The lowest BCUT2D eigenvalue weighted by molar-refractivity contribution is -0.153. The molecule has 1 unspecified atom stereocenters. The highest BCUT2D eigenvalue weighted by molar-refractivity contribution is 5.96. The van der Waals surface area contributed by atoms with Gasteiger partial charge >= 0.3 is 0 Å². The molecule has 0 aliphatic carbocycles. The predicted octanol–water partition coefficient (Wildman–Crippen LogP) is 1.11. The van der Waals surface area contributed by atoms with Gasteiger partial charge in [0.15, 0.2) is 0 Å². The third-order valence-corrected chi connectivity index (χ3v) is 4.73. The Bertz CT molecular complexity index is 642. The molecule has 5 amide bonds. The van der Waals surface area contributed by atoms with E-state index in [4.69, 9.17) is 0 Å². The maximum absolute atomic E-state index is 12.7. The minimum Gasteiger partial charge on any atom is -0.355 e. The van der Waals surface area contributed by atoms with Gasteiger partial charge in [0.1, 0.15) is 6.04 Å². The summed E-state index contributed by atoms with van der Waals surface area (Å²) in [7, 11) is 0. The van der Waals surface area contributed by atoms with Gasteiger partial charge in [-0.25, -0.2) is 0 Å². The minimum atomic E-state index is -0.949. The van der Waals surface area contributed by atoms with Gasteiger partial charge in [0, 0.05) is 30.3 Å². The number of imide groups is 1. The van der Waals surface area contributed by atoms with E-state index < -0.39 is 22.9 Å². The quantitative estimate of drug-likeness (QED) is 0.456. The standard InChI is InChI=1S/C21H38N4O5/c1-9-16(27)25(17(28)10-2)21(7,8)13-20(5,6)19(30)23-12-15(26)24-14(4)18(29)22-11-3/h14H,9-13H2,1-8H3,(H,22,29)(H,23,30)(H,24,26). The number of carbonyl (C=O) groups is 5. The molecule has 0 aliphatic rings. The molecule has 3 N–H and O–H groups in total. The average Bonchev–Trinajstić information content (AvgIpc) is 2.64. The van der Waals surface area contributed by atoms with E-state index in [0.717, 1.165) is 0 Å². The highest BCUT2D eigenvalue weighted by Crippen LogP contribution is 2.33. The van der Waals surface area contributed by atoms with E-state index in [0.29, 0.717) is 6.54 Å². The maximum atomic E-state index is 12.7. The normalized spacial score (nSPS) is 12.5. The zero-order valence-corrected chi connectivity index (χ0v) is 19.6. The molecule has 0 aliphatic heterocycles. The Morgan fingerprint density at radius 2 is 1.37 bits per heavy atom. The SMILES string of the molecule is CCNC(=O)C(C)NC(=O)CNC(=O)C(C)(C)CC(C)(C)N(C(=O)CC)C(=O)CC. The largest absolute Gasteiger partial charge is 0.355 e. The number of nitrogens with zero attached hydrogens (tertiary/aromatic N) is 1. The number of nitrogens with one attached hydrogen (secondary N) is 3. The van der Waals surface area contributed by atoms with Gasteiger partial charge in [-0.2, -0.15) is 0 Å². The summed E-state index contributed by atoms with van der Waals surface area (Å²) in [6.07, 6.45) is 0.595. The second-order valence-electron chi connectivity index (χ2n) is 8.57. The Morgan fingerprint density at radius 1 is 0.867 bits per heavy atom. The van der Waals surface area contributed by atoms with Crippen LogP contribution in [-0.4, -0.2) is 59.1 Å². The van der Waals surface area contributed by atoms with Crippen molar-refractivity contribution >= 4 is 29.5 Å². The smallest absolute Gasteiger partial charge is 0.242 e. The van der Waals surface area contributed by atoms with Crippen LogP contribution in [-0.2, 0) is 24.0 Å². The van der Waals surface area contributed by atoms with Gasteiger partial charge in [-0.1, -0.05) is 27.7 Å². The molecule has 0 bridgehead atoms. The number of hydrogen-bond acceptors (Lipinski definition) is 5. The third-order valence-electron chi connectivity index (χ3n) is 4.73. The van der Waals surface area contributed by atoms with E-state index in [2.05, 4.69) is 16.0 Å². The molecule has 0 spiro atoms. The van der Waals surface area contributed by atoms with E-state index in [1.54, 1.807) is 55.4 Å². The number of likely N-dealkylation sites (N-methyl/N-ethyl adjacent to an activating group) is 1. The van der Waals surface area contributed by atoms with E-state index in [1.807, 2.05) is 0 Å². The number of amides is 5. The van der Waals surface area contributed by atoms with Crippen molar-refractivity contribution in [2.75, 3.05) is 13.1 Å². The summed E-state index contributed by atoms with van der Waals surface area (Å²) in [5.41, 5.74) is -1.83. The molecule has 0 fully saturated rings. The van der Waals surface area contributed by atoms with Gasteiger partial charge in [0.25, 0.3) is 0 Å².